The molecule has 0 saturated carbocycles. The molecule has 2 rings (SSSR count). The summed E-state index contributed by atoms with van der Waals surface area (Å²) in [4.78, 5) is 23.7. The number of carbonyl (C=O) groups is 2. The third kappa shape index (κ3) is 4.59. The second-order valence-electron chi connectivity index (χ2n) is 4.59. The monoisotopic (exact) mass is 331 g/mol. The Morgan fingerprint density at radius 1 is 1.17 bits per heavy atom. The molecule has 118 valence electrons. The number of rotatable bonds is 5. The van der Waals surface area contributed by atoms with Crippen LogP contribution in [0.1, 0.15) is 5.56 Å². The van der Waals surface area contributed by atoms with Crippen molar-refractivity contribution in [2.24, 2.45) is 0 Å². The number of amides is 1. The predicted octanol–water partition coefficient (Wildman–Crippen LogP) is 3.46. The summed E-state index contributed by atoms with van der Waals surface area (Å²) in [7, 11) is 1.49. The smallest absolute Gasteiger partial charge is 0.296 e. The number of nitrogens with one attached hydrogen (secondary N) is 1. The zero-order chi connectivity index (χ0) is 16.8. The van der Waals surface area contributed by atoms with Gasteiger partial charge in [0.25, 0.3) is 5.91 Å². The molecule has 0 spiro atoms. The minimum Gasteiger partial charge on any atom is -0.507 e. The summed E-state index contributed by atoms with van der Waals surface area (Å²) < 4.78 is 5.03. The highest BCUT2D eigenvalue weighted by Crippen LogP contribution is 2.18. The lowest BCUT2D eigenvalue weighted by Gasteiger charge is -2.05. The second kappa shape index (κ2) is 7.47. The lowest BCUT2D eigenvalue weighted by atomic mass is 10.1. The van der Waals surface area contributed by atoms with Crippen molar-refractivity contribution >= 4 is 34.7 Å². The van der Waals surface area contributed by atoms with Crippen LogP contribution in [0.4, 0.5) is 5.69 Å². The first-order valence-corrected chi connectivity index (χ1v) is 7.03. The molecule has 0 atom stereocenters. The highest BCUT2D eigenvalue weighted by Gasteiger charge is 2.13. The normalized spacial score (nSPS) is 11.0. The van der Waals surface area contributed by atoms with Gasteiger partial charge in [-0.15, -0.1) is 0 Å². The molecule has 0 fully saturated rings. The van der Waals surface area contributed by atoms with Crippen molar-refractivity contribution in [2.75, 3.05) is 12.4 Å². The fourth-order valence-electron chi connectivity index (χ4n) is 1.81. The van der Waals surface area contributed by atoms with E-state index < -0.39 is 11.7 Å². The van der Waals surface area contributed by atoms with Gasteiger partial charge in [-0.05, 0) is 30.3 Å². The number of ketones is 1. The van der Waals surface area contributed by atoms with Gasteiger partial charge in [-0.1, -0.05) is 29.8 Å². The number of hydrogen-bond acceptors (Lipinski definition) is 4. The number of halogens is 1. The average Bonchev–Trinajstić information content (AvgIpc) is 2.54. The van der Waals surface area contributed by atoms with Crippen molar-refractivity contribution < 1.29 is 19.4 Å². The van der Waals surface area contributed by atoms with E-state index in [0.29, 0.717) is 22.0 Å². The van der Waals surface area contributed by atoms with Crippen LogP contribution in [0, 0.1) is 0 Å². The van der Waals surface area contributed by atoms with Crippen molar-refractivity contribution in [1.29, 1.82) is 0 Å². The minimum absolute atomic E-state index is 0.324. The van der Waals surface area contributed by atoms with E-state index in [9.17, 15) is 14.7 Å². The highest BCUT2D eigenvalue weighted by molar-refractivity contribution is 6.45. The first kappa shape index (κ1) is 16.6. The molecule has 1 amide bonds. The van der Waals surface area contributed by atoms with E-state index in [1.165, 1.54) is 13.2 Å². The second-order valence-corrected chi connectivity index (χ2v) is 5.03. The molecule has 0 aromatic heterocycles. The maximum atomic E-state index is 11.9. The summed E-state index contributed by atoms with van der Waals surface area (Å²) >= 11 is 5.80. The van der Waals surface area contributed by atoms with E-state index in [0.717, 1.165) is 6.08 Å². The van der Waals surface area contributed by atoms with Gasteiger partial charge in [0.1, 0.15) is 11.5 Å². The zero-order valence-electron chi connectivity index (χ0n) is 12.2. The molecule has 0 bridgehead atoms. The number of hydrogen-bond donors (Lipinski definition) is 2. The number of methoxy groups -OCH3 is 1. The van der Waals surface area contributed by atoms with E-state index in [1.807, 2.05) is 0 Å². The number of ether oxygens (including phenoxy) is 1. The van der Waals surface area contributed by atoms with Crippen LogP contribution < -0.4 is 10.1 Å². The minimum atomic E-state index is -0.884. The molecular formula is C17H14ClNO4. The van der Waals surface area contributed by atoms with Gasteiger partial charge >= 0.3 is 0 Å². The van der Waals surface area contributed by atoms with Gasteiger partial charge in [0, 0.05) is 22.3 Å². The van der Waals surface area contributed by atoms with Crippen molar-refractivity contribution in [3.8, 4) is 5.75 Å². The van der Waals surface area contributed by atoms with E-state index in [1.54, 1.807) is 42.5 Å². The molecule has 6 heteroatoms. The van der Waals surface area contributed by atoms with Crippen molar-refractivity contribution in [2.45, 2.75) is 0 Å². The maximum absolute atomic E-state index is 11.9. The van der Waals surface area contributed by atoms with Crippen LogP contribution >= 0.6 is 11.6 Å². The number of anilines is 1. The standard InChI is InChI=1S/C17H14ClNO4/c1-23-14-7-2-4-11(8-14)15(20)10-16(21)17(22)19-13-6-3-5-12(18)9-13/h2-10,20H,1H3,(H,19,22). The summed E-state index contributed by atoms with van der Waals surface area (Å²) in [5.74, 6) is -1.56. The average molecular weight is 332 g/mol. The Hall–Kier alpha value is -2.79. The quantitative estimate of drug-likeness (QED) is 0.500. The summed E-state index contributed by atoms with van der Waals surface area (Å²) in [6.45, 7) is 0. The van der Waals surface area contributed by atoms with Crippen LogP contribution in [0.25, 0.3) is 5.76 Å². The van der Waals surface area contributed by atoms with E-state index in [-0.39, 0.29) is 5.76 Å². The van der Waals surface area contributed by atoms with Gasteiger partial charge in [-0.3, -0.25) is 9.59 Å². The van der Waals surface area contributed by atoms with Crippen LogP contribution in [0.3, 0.4) is 0 Å². The van der Waals surface area contributed by atoms with Crippen LogP contribution in [-0.4, -0.2) is 23.9 Å². The highest BCUT2D eigenvalue weighted by atomic mass is 35.5. The molecule has 0 aliphatic heterocycles. The van der Waals surface area contributed by atoms with Gasteiger partial charge < -0.3 is 15.2 Å². The molecular weight excluding hydrogens is 318 g/mol. The summed E-state index contributed by atoms with van der Waals surface area (Å²) in [5.41, 5.74) is 0.762. The third-order valence-corrected chi connectivity index (χ3v) is 3.17. The molecule has 2 aromatic rings. The lowest BCUT2D eigenvalue weighted by Crippen LogP contribution is -2.21. The first-order chi connectivity index (χ1) is 11.0. The van der Waals surface area contributed by atoms with E-state index in [2.05, 4.69) is 5.32 Å². The number of aliphatic hydroxyl groups is 1. The van der Waals surface area contributed by atoms with Crippen molar-refractivity contribution in [1.82, 2.24) is 0 Å². The maximum Gasteiger partial charge on any atom is 0.296 e. The number of benzene rings is 2. The molecule has 23 heavy (non-hydrogen) atoms. The first-order valence-electron chi connectivity index (χ1n) is 6.65. The van der Waals surface area contributed by atoms with E-state index in [4.69, 9.17) is 16.3 Å². The molecule has 0 unspecified atom stereocenters. The topological polar surface area (TPSA) is 75.6 Å². The Labute approximate surface area is 138 Å². The van der Waals surface area contributed by atoms with Crippen LogP contribution in [0.5, 0.6) is 5.75 Å². The Morgan fingerprint density at radius 3 is 2.61 bits per heavy atom. The fraction of sp³-hybridized carbons (Fsp3) is 0.0588. The molecule has 5 nitrogen and oxygen atoms in total. The molecule has 0 aliphatic carbocycles. The summed E-state index contributed by atoms with van der Waals surface area (Å²) in [5, 5.41) is 12.8. The van der Waals surface area contributed by atoms with Crippen LogP contribution in [0.15, 0.2) is 54.6 Å². The molecule has 0 saturated heterocycles. The molecule has 0 radical (unpaired) electrons. The van der Waals surface area contributed by atoms with Gasteiger partial charge in [-0.2, -0.15) is 0 Å². The number of carbonyl (C=O) groups excluding carboxylic acids is 2. The lowest BCUT2D eigenvalue weighted by molar-refractivity contribution is -0.131. The van der Waals surface area contributed by atoms with Gasteiger partial charge in [-0.25, -0.2) is 0 Å². The SMILES string of the molecule is COc1cccc(C(O)=CC(=O)C(=O)Nc2cccc(Cl)c2)c1. The van der Waals surface area contributed by atoms with Crippen LogP contribution in [0.2, 0.25) is 5.02 Å². The Balaban J connectivity index is 2.11. The zero-order valence-corrected chi connectivity index (χ0v) is 13.0. The molecule has 2 aromatic carbocycles. The Bertz CT molecular complexity index is 771. The van der Waals surface area contributed by atoms with Gasteiger partial charge in [0.2, 0.25) is 5.78 Å². The largest absolute Gasteiger partial charge is 0.507 e. The van der Waals surface area contributed by atoms with Gasteiger partial charge in [0.15, 0.2) is 0 Å². The van der Waals surface area contributed by atoms with E-state index >= 15 is 0 Å². The fourth-order valence-corrected chi connectivity index (χ4v) is 2.00. The predicted molar refractivity (Wildman–Crippen MR) is 88.7 cm³/mol. The number of aliphatic hydroxyl groups excluding tert-OH is 1. The van der Waals surface area contributed by atoms with Crippen molar-refractivity contribution in [3.05, 3.63) is 65.2 Å². The van der Waals surface area contributed by atoms with Crippen LogP contribution in [-0.2, 0) is 9.59 Å². The molecule has 0 heterocycles. The third-order valence-electron chi connectivity index (χ3n) is 2.94. The van der Waals surface area contributed by atoms with Gasteiger partial charge in [0.05, 0.1) is 7.11 Å². The molecule has 0 aliphatic rings. The van der Waals surface area contributed by atoms with Crippen molar-refractivity contribution in [3.63, 3.8) is 0 Å². The summed E-state index contributed by atoms with van der Waals surface area (Å²) in [6.07, 6.45) is 0.856. The summed E-state index contributed by atoms with van der Waals surface area (Å²) in [6, 6.07) is 12.9. The Kier molecular flexibility index (Phi) is 5.38. The Morgan fingerprint density at radius 2 is 1.91 bits per heavy atom. The molecule has 2 N–H and O–H groups in total.